The molecular formula is C26H32N6O2. The molecule has 0 aliphatic heterocycles. The Morgan fingerprint density at radius 2 is 1.74 bits per heavy atom. The third kappa shape index (κ3) is 5.50. The number of benzene rings is 2. The second-order valence-corrected chi connectivity index (χ2v) is 8.96. The van der Waals surface area contributed by atoms with Crippen molar-refractivity contribution in [2.45, 2.75) is 70.4 Å². The lowest BCUT2D eigenvalue weighted by molar-refractivity contribution is -0.135. The summed E-state index contributed by atoms with van der Waals surface area (Å²) in [7, 11) is 0. The molecule has 1 fully saturated rings. The molecule has 1 aromatic heterocycles. The van der Waals surface area contributed by atoms with Crippen molar-refractivity contribution in [1.82, 2.24) is 31.3 Å². The number of hydrogen-bond donors (Lipinski definition) is 3. The van der Waals surface area contributed by atoms with Crippen LogP contribution in [0.2, 0.25) is 0 Å². The summed E-state index contributed by atoms with van der Waals surface area (Å²) in [6.45, 7) is 2.48. The van der Waals surface area contributed by atoms with Gasteiger partial charge >= 0.3 is 0 Å². The van der Waals surface area contributed by atoms with E-state index in [0.29, 0.717) is 31.6 Å². The van der Waals surface area contributed by atoms with E-state index >= 15 is 0 Å². The van der Waals surface area contributed by atoms with Crippen molar-refractivity contribution in [2.75, 3.05) is 0 Å². The Labute approximate surface area is 199 Å². The number of nitrogens with zero attached hydrogens (tertiary/aromatic N) is 3. The maximum Gasteiger partial charge on any atom is 0.246 e. The van der Waals surface area contributed by atoms with Crippen LogP contribution in [0.4, 0.5) is 0 Å². The summed E-state index contributed by atoms with van der Waals surface area (Å²) in [5.41, 5.74) is 3.15. The molecule has 8 nitrogen and oxygen atoms in total. The number of nitrogens with one attached hydrogen (secondary N) is 3. The number of aromatic nitrogens is 4. The van der Waals surface area contributed by atoms with Crippen molar-refractivity contribution in [3.05, 3.63) is 54.1 Å². The van der Waals surface area contributed by atoms with E-state index in [1.165, 1.54) is 0 Å². The highest BCUT2D eigenvalue weighted by molar-refractivity contribution is 5.91. The first-order chi connectivity index (χ1) is 16.6. The molecule has 1 aliphatic carbocycles. The molecule has 2 aromatic carbocycles. The molecule has 4 rings (SSSR count). The van der Waals surface area contributed by atoms with Crippen LogP contribution in [0.3, 0.4) is 0 Å². The molecule has 178 valence electrons. The molecule has 3 aromatic rings. The molecule has 0 unspecified atom stereocenters. The topological polar surface area (TPSA) is 113 Å². The van der Waals surface area contributed by atoms with Crippen molar-refractivity contribution in [2.24, 2.45) is 0 Å². The van der Waals surface area contributed by atoms with E-state index in [9.17, 15) is 9.59 Å². The fraction of sp³-hybridized carbons (Fsp3) is 0.423. The fourth-order valence-corrected chi connectivity index (χ4v) is 4.59. The minimum absolute atomic E-state index is 0.0245. The summed E-state index contributed by atoms with van der Waals surface area (Å²) in [5, 5.41) is 20.5. The smallest absolute Gasteiger partial charge is 0.246 e. The second kappa shape index (κ2) is 11.0. The maximum atomic E-state index is 13.2. The summed E-state index contributed by atoms with van der Waals surface area (Å²) < 4.78 is 0. The van der Waals surface area contributed by atoms with E-state index < -0.39 is 5.54 Å². The van der Waals surface area contributed by atoms with Crippen molar-refractivity contribution in [3.63, 3.8) is 0 Å². The number of hydrogen-bond acceptors (Lipinski definition) is 5. The summed E-state index contributed by atoms with van der Waals surface area (Å²) in [4.78, 5) is 25.7. The Bertz CT molecular complexity index is 1090. The highest BCUT2D eigenvalue weighted by Crippen LogP contribution is 2.31. The number of rotatable bonds is 9. The van der Waals surface area contributed by atoms with Gasteiger partial charge in [-0.15, -0.1) is 10.2 Å². The first kappa shape index (κ1) is 23.6. The number of H-pyrrole nitrogens is 1. The number of carbonyl (C=O) groups is 2. The van der Waals surface area contributed by atoms with E-state index in [1.54, 1.807) is 0 Å². The van der Waals surface area contributed by atoms with Gasteiger partial charge in [0.25, 0.3) is 0 Å². The monoisotopic (exact) mass is 460 g/mol. The quantitative estimate of drug-likeness (QED) is 0.444. The van der Waals surface area contributed by atoms with Crippen molar-refractivity contribution < 1.29 is 9.59 Å². The zero-order valence-corrected chi connectivity index (χ0v) is 19.6. The number of carbonyl (C=O) groups excluding carboxylic acids is 2. The number of tetrazole rings is 1. The number of aromatic amines is 1. The minimum atomic E-state index is -0.785. The molecule has 3 N–H and O–H groups in total. The first-order valence-electron chi connectivity index (χ1n) is 12.1. The van der Waals surface area contributed by atoms with Crippen LogP contribution < -0.4 is 10.6 Å². The van der Waals surface area contributed by atoms with E-state index in [0.717, 1.165) is 54.4 Å². The molecule has 0 radical (unpaired) electrons. The number of amides is 2. The van der Waals surface area contributed by atoms with Crippen LogP contribution in [0, 0.1) is 0 Å². The van der Waals surface area contributed by atoms with Gasteiger partial charge in [-0.05, 0) is 41.2 Å². The average molecular weight is 461 g/mol. The Hall–Kier alpha value is -3.55. The summed E-state index contributed by atoms with van der Waals surface area (Å²) in [6.07, 6.45) is 6.68. The van der Waals surface area contributed by atoms with Gasteiger partial charge in [0.05, 0.1) is 0 Å². The normalized spacial score (nSPS) is 15.0. The lowest BCUT2D eigenvalue weighted by Gasteiger charge is -2.36. The van der Waals surface area contributed by atoms with E-state index in [-0.39, 0.29) is 11.8 Å². The molecule has 0 saturated heterocycles. The molecular weight excluding hydrogens is 428 g/mol. The van der Waals surface area contributed by atoms with Crippen LogP contribution >= 0.6 is 0 Å². The van der Waals surface area contributed by atoms with Crippen molar-refractivity contribution in [1.29, 1.82) is 0 Å². The summed E-state index contributed by atoms with van der Waals surface area (Å²) in [6, 6.07) is 16.0. The predicted octanol–water partition coefficient (Wildman–Crippen LogP) is 4.16. The molecule has 8 heteroatoms. The lowest BCUT2D eigenvalue weighted by Crippen LogP contribution is -2.59. The molecule has 1 saturated carbocycles. The zero-order valence-electron chi connectivity index (χ0n) is 19.6. The van der Waals surface area contributed by atoms with Gasteiger partial charge in [0, 0.05) is 18.5 Å². The SMILES string of the molecule is CCCCC(=O)NC1(C(=O)NCc2ccc(-c3ccccc3-c3nn[nH]n3)cc2)CCCCC1. The average Bonchev–Trinajstić information content (AvgIpc) is 3.42. The third-order valence-electron chi connectivity index (χ3n) is 6.51. The molecule has 1 aliphatic rings. The standard InChI is InChI=1S/C26H32N6O2/c1-2-3-11-23(33)28-26(16-7-4-8-17-26)25(34)27-18-19-12-14-20(15-13-19)21-9-5-6-10-22(21)24-29-31-32-30-24/h5-6,9-10,12-15H,2-4,7-8,11,16-18H2,1H3,(H,27,34)(H,28,33)(H,29,30,31,32). The van der Waals surface area contributed by atoms with Gasteiger partial charge < -0.3 is 10.6 Å². The molecule has 0 bridgehead atoms. The van der Waals surface area contributed by atoms with E-state index in [1.807, 2.05) is 48.5 Å². The van der Waals surface area contributed by atoms with Crippen LogP contribution in [0.5, 0.6) is 0 Å². The van der Waals surface area contributed by atoms with Gasteiger partial charge in [0.15, 0.2) is 0 Å². The van der Waals surface area contributed by atoms with Crippen LogP contribution in [-0.4, -0.2) is 38.0 Å². The van der Waals surface area contributed by atoms with Gasteiger partial charge in [-0.2, -0.15) is 5.21 Å². The van der Waals surface area contributed by atoms with Crippen LogP contribution in [0.1, 0.15) is 63.9 Å². The van der Waals surface area contributed by atoms with Gasteiger partial charge in [-0.25, -0.2) is 0 Å². The second-order valence-electron chi connectivity index (χ2n) is 8.96. The Morgan fingerprint density at radius 3 is 2.41 bits per heavy atom. The van der Waals surface area contributed by atoms with Crippen LogP contribution in [0.25, 0.3) is 22.5 Å². The molecule has 0 atom stereocenters. The largest absolute Gasteiger partial charge is 0.350 e. The van der Waals surface area contributed by atoms with Crippen LogP contribution in [0.15, 0.2) is 48.5 Å². The molecule has 2 amide bonds. The Kier molecular flexibility index (Phi) is 7.67. The van der Waals surface area contributed by atoms with Crippen molar-refractivity contribution in [3.8, 4) is 22.5 Å². The summed E-state index contributed by atoms with van der Waals surface area (Å²) in [5.74, 6) is 0.442. The van der Waals surface area contributed by atoms with Gasteiger partial charge in [0.1, 0.15) is 5.54 Å². The van der Waals surface area contributed by atoms with Gasteiger partial charge in [-0.3, -0.25) is 9.59 Å². The lowest BCUT2D eigenvalue weighted by atomic mass is 9.80. The third-order valence-corrected chi connectivity index (χ3v) is 6.51. The fourth-order valence-electron chi connectivity index (χ4n) is 4.59. The first-order valence-corrected chi connectivity index (χ1v) is 12.1. The molecule has 1 heterocycles. The van der Waals surface area contributed by atoms with Gasteiger partial charge in [0.2, 0.25) is 17.6 Å². The number of unbranched alkanes of at least 4 members (excludes halogenated alkanes) is 1. The van der Waals surface area contributed by atoms with E-state index in [4.69, 9.17) is 0 Å². The van der Waals surface area contributed by atoms with Crippen molar-refractivity contribution >= 4 is 11.8 Å². The Balaban J connectivity index is 1.43. The minimum Gasteiger partial charge on any atom is -0.350 e. The summed E-state index contributed by atoms with van der Waals surface area (Å²) >= 11 is 0. The highest BCUT2D eigenvalue weighted by Gasteiger charge is 2.40. The van der Waals surface area contributed by atoms with Gasteiger partial charge in [-0.1, -0.05) is 81.1 Å². The highest BCUT2D eigenvalue weighted by atomic mass is 16.2. The maximum absolute atomic E-state index is 13.2. The zero-order chi connectivity index (χ0) is 23.8. The predicted molar refractivity (Wildman–Crippen MR) is 130 cm³/mol. The molecule has 0 spiro atoms. The molecule has 34 heavy (non-hydrogen) atoms. The van der Waals surface area contributed by atoms with Crippen LogP contribution in [-0.2, 0) is 16.1 Å². The Morgan fingerprint density at radius 1 is 1.00 bits per heavy atom. The van der Waals surface area contributed by atoms with E-state index in [2.05, 4.69) is 38.2 Å².